The highest BCUT2D eigenvalue weighted by molar-refractivity contribution is 7.09. The van der Waals surface area contributed by atoms with Gasteiger partial charge in [0.05, 0.1) is 5.01 Å². The van der Waals surface area contributed by atoms with Crippen LogP contribution >= 0.6 is 11.3 Å². The third kappa shape index (κ3) is 4.35. The van der Waals surface area contributed by atoms with Crippen LogP contribution in [-0.2, 0) is 11.2 Å². The quantitative estimate of drug-likeness (QED) is 0.803. The molecule has 3 N–H and O–H groups in total. The number of rotatable bonds is 6. The number of carbonyl (C=O) groups is 1. The lowest BCUT2D eigenvalue weighted by Crippen LogP contribution is -2.27. The van der Waals surface area contributed by atoms with E-state index >= 15 is 0 Å². The Balaban J connectivity index is 1.71. The van der Waals surface area contributed by atoms with Crippen molar-refractivity contribution in [3.63, 3.8) is 0 Å². The second kappa shape index (κ2) is 7.05. The molecule has 2 rings (SSSR count). The average Bonchev–Trinajstić information content (AvgIpc) is 2.98. The number of amides is 1. The number of aromatic nitrogens is 1. The van der Waals surface area contributed by atoms with Gasteiger partial charge in [-0.25, -0.2) is 4.98 Å². The fraction of sp³-hybridized carbons (Fsp3) is 0.333. The first-order valence-corrected chi connectivity index (χ1v) is 7.53. The van der Waals surface area contributed by atoms with E-state index in [0.29, 0.717) is 13.0 Å². The van der Waals surface area contributed by atoms with Gasteiger partial charge in [-0.3, -0.25) is 4.79 Å². The molecule has 0 saturated heterocycles. The van der Waals surface area contributed by atoms with Crippen molar-refractivity contribution in [3.8, 4) is 0 Å². The van der Waals surface area contributed by atoms with E-state index in [-0.39, 0.29) is 11.8 Å². The summed E-state index contributed by atoms with van der Waals surface area (Å²) in [6.07, 6.45) is 3.02. The largest absolute Gasteiger partial charge is 0.399 e. The molecular formula is C15H19N3OS. The molecule has 0 radical (unpaired) electrons. The van der Waals surface area contributed by atoms with Gasteiger partial charge in [0.15, 0.2) is 0 Å². The van der Waals surface area contributed by atoms with Gasteiger partial charge >= 0.3 is 0 Å². The summed E-state index contributed by atoms with van der Waals surface area (Å²) < 4.78 is 0. The highest BCUT2D eigenvalue weighted by Crippen LogP contribution is 2.16. The molecule has 20 heavy (non-hydrogen) atoms. The Hall–Kier alpha value is -1.88. The van der Waals surface area contributed by atoms with Crippen molar-refractivity contribution in [2.24, 2.45) is 0 Å². The number of thiazole rings is 1. The summed E-state index contributed by atoms with van der Waals surface area (Å²) in [7, 11) is 0. The van der Waals surface area contributed by atoms with Crippen LogP contribution < -0.4 is 11.1 Å². The van der Waals surface area contributed by atoms with Crippen LogP contribution in [0, 0.1) is 0 Å². The summed E-state index contributed by atoms with van der Waals surface area (Å²) in [5.74, 6) is 0.334. The minimum atomic E-state index is 0.0743. The van der Waals surface area contributed by atoms with Crippen LogP contribution in [0.5, 0.6) is 0 Å². The van der Waals surface area contributed by atoms with Crippen molar-refractivity contribution < 1.29 is 4.79 Å². The molecule has 1 unspecified atom stereocenters. The maximum atomic E-state index is 11.8. The van der Waals surface area contributed by atoms with Gasteiger partial charge in [-0.15, -0.1) is 11.3 Å². The molecule has 0 aliphatic rings. The van der Waals surface area contributed by atoms with Crippen molar-refractivity contribution in [2.75, 3.05) is 12.3 Å². The average molecular weight is 289 g/mol. The predicted octanol–water partition coefficient (Wildman–Crippen LogP) is 2.58. The van der Waals surface area contributed by atoms with Crippen molar-refractivity contribution in [3.05, 3.63) is 46.4 Å². The maximum Gasteiger partial charge on any atom is 0.220 e. The number of carbonyl (C=O) groups excluding carboxylic acids is 1. The van der Waals surface area contributed by atoms with E-state index in [9.17, 15) is 4.79 Å². The van der Waals surface area contributed by atoms with E-state index in [1.165, 1.54) is 0 Å². The molecule has 0 bridgehead atoms. The first kappa shape index (κ1) is 14.5. The molecule has 0 fully saturated rings. The van der Waals surface area contributed by atoms with Crippen LogP contribution in [-0.4, -0.2) is 17.4 Å². The van der Waals surface area contributed by atoms with Crippen molar-refractivity contribution >= 4 is 22.9 Å². The van der Waals surface area contributed by atoms with Gasteiger partial charge in [0.2, 0.25) is 5.91 Å². The van der Waals surface area contributed by atoms with E-state index in [1.807, 2.05) is 29.6 Å². The van der Waals surface area contributed by atoms with Crippen LogP contribution in [0.2, 0.25) is 0 Å². The molecule has 1 atom stereocenters. The summed E-state index contributed by atoms with van der Waals surface area (Å²) in [4.78, 5) is 16.1. The van der Waals surface area contributed by atoms with Crippen LogP contribution in [0.4, 0.5) is 5.69 Å². The number of nitrogen functional groups attached to an aromatic ring is 1. The Morgan fingerprint density at radius 3 is 2.80 bits per heavy atom. The number of anilines is 1. The van der Waals surface area contributed by atoms with Crippen LogP contribution in [0.3, 0.4) is 0 Å². The highest BCUT2D eigenvalue weighted by Gasteiger charge is 2.09. The summed E-state index contributed by atoms with van der Waals surface area (Å²) in [6, 6.07) is 7.64. The lowest BCUT2D eigenvalue weighted by molar-refractivity contribution is -0.121. The number of nitrogens with one attached hydrogen (secondary N) is 1. The second-order valence-electron chi connectivity index (χ2n) is 4.82. The third-order valence-corrected chi connectivity index (χ3v) is 4.11. The molecule has 0 aliphatic heterocycles. The van der Waals surface area contributed by atoms with Gasteiger partial charge in [0, 0.05) is 36.1 Å². The van der Waals surface area contributed by atoms with Crippen molar-refractivity contribution in [2.45, 2.75) is 25.7 Å². The van der Waals surface area contributed by atoms with Gasteiger partial charge in [0.1, 0.15) is 0 Å². The number of hydrogen-bond donors (Lipinski definition) is 2. The topological polar surface area (TPSA) is 68.0 Å². The third-order valence-electron chi connectivity index (χ3n) is 3.10. The highest BCUT2D eigenvalue weighted by atomic mass is 32.1. The zero-order valence-electron chi connectivity index (χ0n) is 11.5. The van der Waals surface area contributed by atoms with E-state index in [0.717, 1.165) is 22.7 Å². The van der Waals surface area contributed by atoms with Gasteiger partial charge in [0.25, 0.3) is 0 Å². The molecule has 0 spiro atoms. The molecule has 1 heterocycles. The molecule has 0 saturated carbocycles. The first-order chi connectivity index (χ1) is 9.65. The molecule has 1 aromatic heterocycles. The minimum Gasteiger partial charge on any atom is -0.399 e. The maximum absolute atomic E-state index is 11.8. The predicted molar refractivity (Wildman–Crippen MR) is 82.7 cm³/mol. The zero-order valence-corrected chi connectivity index (χ0v) is 12.3. The van der Waals surface area contributed by atoms with Crippen LogP contribution in [0.15, 0.2) is 35.8 Å². The molecule has 1 amide bonds. The Bertz CT molecular complexity index is 537. The fourth-order valence-electron chi connectivity index (χ4n) is 1.86. The van der Waals surface area contributed by atoms with Gasteiger partial charge in [-0.05, 0) is 24.1 Å². The van der Waals surface area contributed by atoms with Crippen LogP contribution in [0.1, 0.15) is 29.8 Å². The molecule has 5 heteroatoms. The van der Waals surface area contributed by atoms with E-state index < -0.39 is 0 Å². The number of nitrogens with two attached hydrogens (primary N) is 1. The number of nitrogens with zero attached hydrogens (tertiary/aromatic N) is 1. The van der Waals surface area contributed by atoms with E-state index in [4.69, 9.17) is 5.73 Å². The summed E-state index contributed by atoms with van der Waals surface area (Å²) >= 11 is 1.62. The summed E-state index contributed by atoms with van der Waals surface area (Å²) in [5, 5.41) is 5.97. The number of aryl methyl sites for hydroxylation is 1. The number of hydrogen-bond acceptors (Lipinski definition) is 4. The van der Waals surface area contributed by atoms with Crippen molar-refractivity contribution in [1.29, 1.82) is 0 Å². The standard InChI is InChI=1S/C15H19N3OS/c1-11(15-17-8-9-20-15)10-18-14(19)7-4-12-2-5-13(16)6-3-12/h2-3,5-6,8-9,11H,4,7,10,16H2,1H3,(H,18,19). The second-order valence-corrected chi connectivity index (χ2v) is 5.74. The zero-order chi connectivity index (χ0) is 14.4. The summed E-state index contributed by atoms with van der Waals surface area (Å²) in [6.45, 7) is 2.70. The lowest BCUT2D eigenvalue weighted by Gasteiger charge is -2.10. The molecular weight excluding hydrogens is 270 g/mol. The molecule has 2 aromatic rings. The van der Waals surface area contributed by atoms with E-state index in [2.05, 4.69) is 17.2 Å². The van der Waals surface area contributed by atoms with Crippen LogP contribution in [0.25, 0.3) is 0 Å². The molecule has 0 aliphatic carbocycles. The summed E-state index contributed by atoms with van der Waals surface area (Å²) in [5.41, 5.74) is 7.50. The minimum absolute atomic E-state index is 0.0743. The Morgan fingerprint density at radius 2 is 2.15 bits per heavy atom. The van der Waals surface area contributed by atoms with Gasteiger partial charge < -0.3 is 11.1 Å². The molecule has 1 aromatic carbocycles. The Labute approximate surface area is 123 Å². The lowest BCUT2D eigenvalue weighted by atomic mass is 10.1. The number of benzene rings is 1. The fourth-order valence-corrected chi connectivity index (χ4v) is 2.56. The van der Waals surface area contributed by atoms with Gasteiger partial charge in [-0.2, -0.15) is 0 Å². The smallest absolute Gasteiger partial charge is 0.220 e. The SMILES string of the molecule is CC(CNC(=O)CCc1ccc(N)cc1)c1nccs1. The normalized spacial score (nSPS) is 12.1. The van der Waals surface area contributed by atoms with Gasteiger partial charge in [-0.1, -0.05) is 19.1 Å². The van der Waals surface area contributed by atoms with Crippen molar-refractivity contribution in [1.82, 2.24) is 10.3 Å². The Kier molecular flexibility index (Phi) is 5.12. The first-order valence-electron chi connectivity index (χ1n) is 6.65. The monoisotopic (exact) mass is 289 g/mol. The molecule has 4 nitrogen and oxygen atoms in total. The Morgan fingerprint density at radius 1 is 1.40 bits per heavy atom. The van der Waals surface area contributed by atoms with E-state index in [1.54, 1.807) is 17.5 Å². The molecule has 106 valence electrons.